The largest absolute Gasteiger partial charge is 0.367 e. The van der Waals surface area contributed by atoms with Gasteiger partial charge in [-0.1, -0.05) is 60.7 Å². The van der Waals surface area contributed by atoms with Crippen LogP contribution in [0.3, 0.4) is 0 Å². The van der Waals surface area contributed by atoms with E-state index in [9.17, 15) is 0 Å². The molecule has 0 fully saturated rings. The van der Waals surface area contributed by atoms with Gasteiger partial charge in [-0.05, 0) is 11.1 Å². The van der Waals surface area contributed by atoms with Gasteiger partial charge >= 0.3 is 0 Å². The molecule has 0 spiro atoms. The molecule has 0 unspecified atom stereocenters. The van der Waals surface area contributed by atoms with Crippen molar-refractivity contribution in [3.05, 3.63) is 71.8 Å². The number of guanidine groups is 1. The van der Waals surface area contributed by atoms with E-state index >= 15 is 0 Å². The SMILES string of the molecule is N/C(=N\NCc1ccccc1)NNCc1ccccc1. The molecule has 0 radical (unpaired) electrons. The van der Waals surface area contributed by atoms with Gasteiger partial charge in [0.2, 0.25) is 5.96 Å². The number of benzene rings is 2. The molecule has 2 aromatic carbocycles. The Hall–Kier alpha value is -2.53. The first-order valence-electron chi connectivity index (χ1n) is 6.47. The van der Waals surface area contributed by atoms with Crippen LogP contribution in [-0.4, -0.2) is 5.96 Å². The Morgan fingerprint density at radius 2 is 1.40 bits per heavy atom. The van der Waals surface area contributed by atoms with Gasteiger partial charge in [0.25, 0.3) is 0 Å². The van der Waals surface area contributed by atoms with Gasteiger partial charge in [0.1, 0.15) is 0 Å². The van der Waals surface area contributed by atoms with Crippen molar-refractivity contribution >= 4 is 5.96 Å². The molecule has 0 saturated carbocycles. The molecule has 0 aliphatic heterocycles. The van der Waals surface area contributed by atoms with E-state index in [0.29, 0.717) is 19.0 Å². The number of nitrogens with one attached hydrogen (secondary N) is 3. The van der Waals surface area contributed by atoms with Crippen LogP contribution in [0.4, 0.5) is 0 Å². The van der Waals surface area contributed by atoms with Crippen LogP contribution >= 0.6 is 0 Å². The highest BCUT2D eigenvalue weighted by atomic mass is 15.5. The van der Waals surface area contributed by atoms with Gasteiger partial charge in [-0.2, -0.15) is 0 Å². The van der Waals surface area contributed by atoms with Crippen LogP contribution in [0.15, 0.2) is 65.8 Å². The van der Waals surface area contributed by atoms with Crippen LogP contribution in [0.1, 0.15) is 11.1 Å². The Balaban J connectivity index is 1.67. The molecule has 2 aromatic rings. The molecule has 104 valence electrons. The quantitative estimate of drug-likeness (QED) is 0.362. The fourth-order valence-electron chi connectivity index (χ4n) is 1.67. The average Bonchev–Trinajstić information content (AvgIpc) is 2.49. The summed E-state index contributed by atoms with van der Waals surface area (Å²) >= 11 is 0. The van der Waals surface area contributed by atoms with Crippen LogP contribution in [0, 0.1) is 0 Å². The summed E-state index contributed by atoms with van der Waals surface area (Å²) in [7, 11) is 0. The average molecular weight is 269 g/mol. The molecule has 5 heteroatoms. The number of hydrazine groups is 1. The summed E-state index contributed by atoms with van der Waals surface area (Å²) in [5.41, 5.74) is 16.8. The van der Waals surface area contributed by atoms with E-state index in [0.717, 1.165) is 5.56 Å². The summed E-state index contributed by atoms with van der Waals surface area (Å²) in [6.07, 6.45) is 0. The van der Waals surface area contributed by atoms with Crippen LogP contribution in [0.5, 0.6) is 0 Å². The second kappa shape index (κ2) is 7.81. The fraction of sp³-hybridized carbons (Fsp3) is 0.133. The first-order valence-corrected chi connectivity index (χ1v) is 6.47. The van der Waals surface area contributed by atoms with E-state index in [-0.39, 0.29) is 0 Å². The zero-order chi connectivity index (χ0) is 14.0. The molecule has 5 N–H and O–H groups in total. The van der Waals surface area contributed by atoms with E-state index in [1.807, 2.05) is 60.7 Å². The Bertz CT molecular complexity index is 524. The molecule has 0 aliphatic rings. The highest BCUT2D eigenvalue weighted by Gasteiger charge is 1.93. The highest BCUT2D eigenvalue weighted by molar-refractivity contribution is 5.76. The lowest BCUT2D eigenvalue weighted by Gasteiger charge is -2.08. The van der Waals surface area contributed by atoms with E-state index in [1.165, 1.54) is 5.56 Å². The zero-order valence-corrected chi connectivity index (χ0v) is 11.2. The maximum Gasteiger partial charge on any atom is 0.225 e. The molecule has 0 heterocycles. The number of hydrogen-bond acceptors (Lipinski definition) is 3. The molecule has 0 saturated heterocycles. The lowest BCUT2D eigenvalue weighted by Crippen LogP contribution is -2.42. The first-order chi connectivity index (χ1) is 9.84. The Morgan fingerprint density at radius 3 is 2.00 bits per heavy atom. The van der Waals surface area contributed by atoms with E-state index in [1.54, 1.807) is 0 Å². The number of nitrogens with two attached hydrogens (primary N) is 1. The smallest absolute Gasteiger partial charge is 0.225 e. The molecule has 0 bridgehead atoms. The van der Waals surface area contributed by atoms with Gasteiger partial charge in [-0.25, -0.2) is 5.43 Å². The lowest BCUT2D eigenvalue weighted by atomic mass is 10.2. The van der Waals surface area contributed by atoms with E-state index < -0.39 is 0 Å². The van der Waals surface area contributed by atoms with E-state index in [2.05, 4.69) is 21.4 Å². The third kappa shape index (κ3) is 4.99. The molecule has 20 heavy (non-hydrogen) atoms. The predicted molar refractivity (Wildman–Crippen MR) is 81.3 cm³/mol. The van der Waals surface area contributed by atoms with Gasteiger partial charge < -0.3 is 11.2 Å². The molecule has 0 aromatic heterocycles. The van der Waals surface area contributed by atoms with Crippen molar-refractivity contribution in [1.29, 1.82) is 0 Å². The van der Waals surface area contributed by atoms with Crippen LogP contribution in [0.2, 0.25) is 0 Å². The predicted octanol–water partition coefficient (Wildman–Crippen LogP) is 1.30. The summed E-state index contributed by atoms with van der Waals surface area (Å²) < 4.78 is 0. The second-order valence-corrected chi connectivity index (χ2v) is 4.28. The Morgan fingerprint density at radius 1 is 0.850 bits per heavy atom. The van der Waals surface area contributed by atoms with Gasteiger partial charge in [0.05, 0.1) is 6.54 Å². The summed E-state index contributed by atoms with van der Waals surface area (Å²) in [5, 5.41) is 4.02. The first kappa shape index (κ1) is 13.9. The molecular formula is C15H19N5. The van der Waals surface area contributed by atoms with E-state index in [4.69, 9.17) is 5.73 Å². The second-order valence-electron chi connectivity index (χ2n) is 4.28. The van der Waals surface area contributed by atoms with Gasteiger partial charge in [0.15, 0.2) is 0 Å². The minimum atomic E-state index is 0.303. The van der Waals surface area contributed by atoms with Crippen LogP contribution in [0.25, 0.3) is 0 Å². The monoisotopic (exact) mass is 269 g/mol. The van der Waals surface area contributed by atoms with Crippen molar-refractivity contribution in [3.8, 4) is 0 Å². The Kier molecular flexibility index (Phi) is 5.42. The number of rotatable bonds is 6. The maximum absolute atomic E-state index is 5.72. The van der Waals surface area contributed by atoms with Gasteiger partial charge in [0, 0.05) is 6.54 Å². The molecule has 0 aliphatic carbocycles. The minimum absolute atomic E-state index is 0.303. The standard InChI is InChI=1S/C15H19N5/c16-15(19-17-11-13-7-3-1-4-8-13)20-18-12-14-9-5-2-6-10-14/h1-10,17-18H,11-12H2,(H3,16,19,20). The third-order valence-corrected chi connectivity index (χ3v) is 2.68. The molecule has 0 amide bonds. The van der Waals surface area contributed by atoms with Gasteiger partial charge in [-0.3, -0.25) is 5.43 Å². The number of nitrogens with zero attached hydrogens (tertiary/aromatic N) is 1. The summed E-state index contributed by atoms with van der Waals surface area (Å²) in [6, 6.07) is 20.1. The molecular weight excluding hydrogens is 250 g/mol. The number of hydrogen-bond donors (Lipinski definition) is 4. The van der Waals surface area contributed by atoms with Crippen molar-refractivity contribution in [1.82, 2.24) is 16.3 Å². The summed E-state index contributed by atoms with van der Waals surface area (Å²) in [4.78, 5) is 0. The van der Waals surface area contributed by atoms with Crippen molar-refractivity contribution in [2.75, 3.05) is 0 Å². The number of hydrazone groups is 1. The lowest BCUT2D eigenvalue weighted by molar-refractivity contribution is 0.635. The third-order valence-electron chi connectivity index (χ3n) is 2.68. The van der Waals surface area contributed by atoms with Crippen molar-refractivity contribution in [2.24, 2.45) is 10.8 Å². The zero-order valence-electron chi connectivity index (χ0n) is 11.2. The summed E-state index contributed by atoms with van der Waals surface area (Å²) in [6.45, 7) is 1.32. The fourth-order valence-corrected chi connectivity index (χ4v) is 1.67. The molecule has 5 nitrogen and oxygen atoms in total. The summed E-state index contributed by atoms with van der Waals surface area (Å²) in [5.74, 6) is 0.303. The van der Waals surface area contributed by atoms with Crippen molar-refractivity contribution in [3.63, 3.8) is 0 Å². The van der Waals surface area contributed by atoms with Crippen LogP contribution < -0.4 is 22.0 Å². The Labute approximate surface area is 118 Å². The van der Waals surface area contributed by atoms with Crippen LogP contribution in [-0.2, 0) is 13.1 Å². The normalized spacial score (nSPS) is 11.1. The van der Waals surface area contributed by atoms with Gasteiger partial charge in [-0.15, -0.1) is 5.10 Å². The molecule has 0 atom stereocenters. The minimum Gasteiger partial charge on any atom is -0.367 e. The highest BCUT2D eigenvalue weighted by Crippen LogP contribution is 1.97. The maximum atomic E-state index is 5.72. The van der Waals surface area contributed by atoms with Crippen molar-refractivity contribution < 1.29 is 0 Å². The molecule has 2 rings (SSSR count). The van der Waals surface area contributed by atoms with Crippen molar-refractivity contribution in [2.45, 2.75) is 13.1 Å². The topological polar surface area (TPSA) is 74.5 Å².